The largest absolute Gasteiger partial charge is 0.464 e. The van der Waals surface area contributed by atoms with Gasteiger partial charge in [0, 0.05) is 32.9 Å². The lowest BCUT2D eigenvalue weighted by atomic mass is 10.2. The highest BCUT2D eigenvalue weighted by Gasteiger charge is 2.31. The molecular formula is C18H22FN3O4S. The van der Waals surface area contributed by atoms with Crippen LogP contribution in [0.3, 0.4) is 0 Å². The summed E-state index contributed by atoms with van der Waals surface area (Å²) >= 11 is 0. The molecule has 0 radical (unpaired) electrons. The van der Waals surface area contributed by atoms with Gasteiger partial charge < -0.3 is 9.30 Å². The number of benzene rings is 1. The van der Waals surface area contributed by atoms with Crippen molar-refractivity contribution in [2.75, 3.05) is 26.9 Å². The third kappa shape index (κ3) is 4.20. The third-order valence-corrected chi connectivity index (χ3v) is 6.37. The van der Waals surface area contributed by atoms with Crippen molar-refractivity contribution < 1.29 is 22.3 Å². The summed E-state index contributed by atoms with van der Waals surface area (Å²) in [7, 11) is -0.883. The fraction of sp³-hybridized carbons (Fsp3) is 0.389. The van der Waals surface area contributed by atoms with Crippen LogP contribution in [0.1, 0.15) is 22.5 Å². The number of aryl methyl sites for hydroxylation is 1. The first-order valence-electron chi connectivity index (χ1n) is 8.53. The predicted molar refractivity (Wildman–Crippen MR) is 96.9 cm³/mol. The molecule has 0 unspecified atom stereocenters. The van der Waals surface area contributed by atoms with E-state index < -0.39 is 16.0 Å². The first-order valence-corrected chi connectivity index (χ1v) is 9.97. The van der Waals surface area contributed by atoms with Gasteiger partial charge in [0.25, 0.3) is 0 Å². The molecule has 27 heavy (non-hydrogen) atoms. The summed E-state index contributed by atoms with van der Waals surface area (Å²) < 4.78 is 46.6. The average Bonchev–Trinajstić information content (AvgIpc) is 3.06. The van der Waals surface area contributed by atoms with Gasteiger partial charge in [-0.25, -0.2) is 17.6 Å². The highest BCUT2D eigenvalue weighted by Crippen LogP contribution is 2.22. The number of hydrogen-bond donors (Lipinski definition) is 0. The van der Waals surface area contributed by atoms with Crippen LogP contribution in [0.2, 0.25) is 0 Å². The van der Waals surface area contributed by atoms with E-state index in [0.717, 1.165) is 12.1 Å². The van der Waals surface area contributed by atoms with Gasteiger partial charge in [0.15, 0.2) is 0 Å². The molecule has 0 atom stereocenters. The molecule has 0 spiro atoms. The highest BCUT2D eigenvalue weighted by molar-refractivity contribution is 7.89. The number of carbonyl (C=O) groups excluding carboxylic acids is 1. The third-order valence-electron chi connectivity index (χ3n) is 4.57. The first-order chi connectivity index (χ1) is 12.8. The lowest BCUT2D eigenvalue weighted by molar-refractivity contribution is 0.0590. The summed E-state index contributed by atoms with van der Waals surface area (Å²) in [6.07, 6.45) is 2.11. The number of aromatic nitrogens is 1. The second kappa shape index (κ2) is 7.79. The van der Waals surface area contributed by atoms with Crippen LogP contribution in [0.25, 0.3) is 0 Å². The SMILES string of the molecule is COC(=O)c1cc(S(=O)(=O)N2CCCN(Cc3ccc(F)cc3)C2)cn1C. The molecule has 0 bridgehead atoms. The predicted octanol–water partition coefficient (Wildman–Crippen LogP) is 1.80. The normalized spacial score (nSPS) is 16.4. The molecule has 1 aliphatic rings. The Bertz CT molecular complexity index is 925. The molecule has 1 aromatic carbocycles. The quantitative estimate of drug-likeness (QED) is 0.722. The van der Waals surface area contributed by atoms with Crippen molar-refractivity contribution in [1.82, 2.24) is 13.8 Å². The molecule has 1 fully saturated rings. The number of nitrogens with zero attached hydrogens (tertiary/aromatic N) is 3. The topological polar surface area (TPSA) is 71.8 Å². The molecule has 9 heteroatoms. The minimum absolute atomic E-state index is 0.0639. The van der Waals surface area contributed by atoms with Gasteiger partial charge in [-0.05, 0) is 30.2 Å². The number of esters is 1. The minimum Gasteiger partial charge on any atom is -0.464 e. The molecule has 1 saturated heterocycles. The Kier molecular flexibility index (Phi) is 5.64. The van der Waals surface area contributed by atoms with E-state index in [1.807, 2.05) is 4.90 Å². The molecule has 146 valence electrons. The van der Waals surface area contributed by atoms with E-state index in [1.54, 1.807) is 19.2 Å². The molecule has 0 N–H and O–H groups in total. The van der Waals surface area contributed by atoms with Crippen LogP contribution in [-0.4, -0.2) is 55.0 Å². The summed E-state index contributed by atoms with van der Waals surface area (Å²) in [5.74, 6) is -0.886. The van der Waals surface area contributed by atoms with Crippen LogP contribution in [0.15, 0.2) is 41.4 Å². The van der Waals surface area contributed by atoms with Gasteiger partial charge >= 0.3 is 5.97 Å². The number of carbonyl (C=O) groups is 1. The number of hydrogen-bond acceptors (Lipinski definition) is 5. The van der Waals surface area contributed by atoms with Crippen molar-refractivity contribution >= 4 is 16.0 Å². The van der Waals surface area contributed by atoms with Crippen LogP contribution < -0.4 is 0 Å². The fourth-order valence-corrected chi connectivity index (χ4v) is 4.68. The van der Waals surface area contributed by atoms with E-state index >= 15 is 0 Å². The lowest BCUT2D eigenvalue weighted by Gasteiger charge is -2.34. The van der Waals surface area contributed by atoms with Crippen LogP contribution >= 0.6 is 0 Å². The molecule has 2 aromatic rings. The van der Waals surface area contributed by atoms with E-state index in [1.165, 1.54) is 40.4 Å². The molecule has 1 aliphatic heterocycles. The minimum atomic E-state index is -3.73. The molecule has 2 heterocycles. The van der Waals surface area contributed by atoms with Crippen molar-refractivity contribution in [3.63, 3.8) is 0 Å². The van der Waals surface area contributed by atoms with Crippen molar-refractivity contribution in [1.29, 1.82) is 0 Å². The van der Waals surface area contributed by atoms with E-state index in [2.05, 4.69) is 4.74 Å². The monoisotopic (exact) mass is 395 g/mol. The maximum Gasteiger partial charge on any atom is 0.354 e. The summed E-state index contributed by atoms with van der Waals surface area (Å²) in [5.41, 5.74) is 1.10. The zero-order valence-electron chi connectivity index (χ0n) is 15.3. The second-order valence-corrected chi connectivity index (χ2v) is 8.46. The van der Waals surface area contributed by atoms with Crippen molar-refractivity contribution in [3.8, 4) is 0 Å². The Hall–Kier alpha value is -2.23. The molecule has 1 aromatic heterocycles. The Morgan fingerprint density at radius 3 is 2.59 bits per heavy atom. The van der Waals surface area contributed by atoms with Crippen molar-refractivity contribution in [2.45, 2.75) is 17.9 Å². The van der Waals surface area contributed by atoms with Crippen LogP contribution in [0.4, 0.5) is 4.39 Å². The lowest BCUT2D eigenvalue weighted by Crippen LogP contribution is -2.46. The van der Waals surface area contributed by atoms with E-state index in [0.29, 0.717) is 19.5 Å². The zero-order chi connectivity index (χ0) is 19.6. The summed E-state index contributed by atoms with van der Waals surface area (Å²) in [6, 6.07) is 7.52. The van der Waals surface area contributed by atoms with E-state index in [-0.39, 0.29) is 23.1 Å². The van der Waals surface area contributed by atoms with Gasteiger partial charge in [-0.3, -0.25) is 4.90 Å². The van der Waals surface area contributed by atoms with Gasteiger partial charge in [-0.15, -0.1) is 0 Å². The van der Waals surface area contributed by atoms with Gasteiger partial charge in [0.2, 0.25) is 10.0 Å². The zero-order valence-corrected chi connectivity index (χ0v) is 16.1. The van der Waals surface area contributed by atoms with Gasteiger partial charge in [-0.2, -0.15) is 4.31 Å². The number of methoxy groups -OCH3 is 1. The summed E-state index contributed by atoms with van der Waals surface area (Å²) in [4.78, 5) is 13.8. The molecule has 3 rings (SSSR count). The summed E-state index contributed by atoms with van der Waals surface area (Å²) in [5, 5.41) is 0. The van der Waals surface area contributed by atoms with Gasteiger partial charge in [-0.1, -0.05) is 12.1 Å². The second-order valence-electron chi connectivity index (χ2n) is 6.52. The number of sulfonamides is 1. The molecule has 0 amide bonds. The first kappa shape index (κ1) is 19.5. The van der Waals surface area contributed by atoms with E-state index in [9.17, 15) is 17.6 Å². The summed E-state index contributed by atoms with van der Waals surface area (Å²) in [6.45, 7) is 1.94. The number of rotatable bonds is 5. The molecule has 0 aliphatic carbocycles. The van der Waals surface area contributed by atoms with Crippen molar-refractivity contribution in [2.24, 2.45) is 7.05 Å². The Morgan fingerprint density at radius 2 is 1.93 bits per heavy atom. The smallest absolute Gasteiger partial charge is 0.354 e. The Labute approximate surface area is 158 Å². The Balaban J connectivity index is 1.76. The fourth-order valence-electron chi connectivity index (χ4n) is 3.14. The van der Waals surface area contributed by atoms with E-state index in [4.69, 9.17) is 0 Å². The van der Waals surface area contributed by atoms with Crippen LogP contribution in [-0.2, 0) is 28.4 Å². The molecular weight excluding hydrogens is 373 g/mol. The van der Waals surface area contributed by atoms with Crippen LogP contribution in [0.5, 0.6) is 0 Å². The molecule has 0 saturated carbocycles. The highest BCUT2D eigenvalue weighted by atomic mass is 32.2. The average molecular weight is 395 g/mol. The Morgan fingerprint density at radius 1 is 1.22 bits per heavy atom. The van der Waals surface area contributed by atoms with Crippen LogP contribution in [0, 0.1) is 5.82 Å². The number of ether oxygens (including phenoxy) is 1. The maximum atomic E-state index is 13.1. The van der Waals surface area contributed by atoms with Crippen molar-refractivity contribution in [3.05, 3.63) is 53.6 Å². The van der Waals surface area contributed by atoms with Gasteiger partial charge in [0.1, 0.15) is 16.4 Å². The standard InChI is InChI=1S/C18H22FN3O4S/c1-20-12-16(10-17(20)18(23)26-2)27(24,25)22-9-3-8-21(13-22)11-14-4-6-15(19)7-5-14/h4-7,10,12H,3,8-9,11,13H2,1-2H3. The van der Waals surface area contributed by atoms with Gasteiger partial charge in [0.05, 0.1) is 13.8 Å². The maximum absolute atomic E-state index is 13.1. The number of halogens is 1. The molecule has 7 nitrogen and oxygen atoms in total.